The number of nitrogens with two attached hydrogens (primary N) is 1. The van der Waals surface area contributed by atoms with Crippen LogP contribution < -0.4 is 10.5 Å². The lowest BCUT2D eigenvalue weighted by Gasteiger charge is -2.15. The Kier molecular flexibility index (Phi) is 3.98. The van der Waals surface area contributed by atoms with Crippen molar-refractivity contribution in [1.29, 1.82) is 0 Å². The SMILES string of the molecule is CC(C)Oc1ccc(C(N)c2ccc3c(c2)CCC3)cc1. The summed E-state index contributed by atoms with van der Waals surface area (Å²) >= 11 is 0. The molecule has 1 aliphatic carbocycles. The van der Waals surface area contributed by atoms with Gasteiger partial charge >= 0.3 is 0 Å². The lowest BCUT2D eigenvalue weighted by molar-refractivity contribution is 0.242. The molecule has 0 saturated heterocycles. The van der Waals surface area contributed by atoms with Crippen LogP contribution in [0, 0.1) is 0 Å². The van der Waals surface area contributed by atoms with Crippen LogP contribution in [0.25, 0.3) is 0 Å². The van der Waals surface area contributed by atoms with E-state index in [1.165, 1.54) is 36.0 Å². The van der Waals surface area contributed by atoms with E-state index >= 15 is 0 Å². The largest absolute Gasteiger partial charge is 0.491 e. The van der Waals surface area contributed by atoms with Gasteiger partial charge in [-0.05, 0) is 67.5 Å². The highest BCUT2D eigenvalue weighted by Crippen LogP contribution is 2.28. The minimum atomic E-state index is -0.0657. The molecule has 2 nitrogen and oxygen atoms in total. The fourth-order valence-electron chi connectivity index (χ4n) is 3.00. The van der Waals surface area contributed by atoms with Crippen LogP contribution in [0.1, 0.15) is 48.6 Å². The van der Waals surface area contributed by atoms with Crippen molar-refractivity contribution in [1.82, 2.24) is 0 Å². The molecular weight excluding hydrogens is 258 g/mol. The Balaban J connectivity index is 1.79. The van der Waals surface area contributed by atoms with Crippen LogP contribution in [0.3, 0.4) is 0 Å². The number of rotatable bonds is 4. The fourth-order valence-corrected chi connectivity index (χ4v) is 3.00. The molecule has 0 bridgehead atoms. The zero-order valence-corrected chi connectivity index (χ0v) is 12.8. The summed E-state index contributed by atoms with van der Waals surface area (Å²) in [6.45, 7) is 4.06. The van der Waals surface area contributed by atoms with E-state index in [2.05, 4.69) is 30.3 Å². The third-order valence-electron chi connectivity index (χ3n) is 4.09. The highest BCUT2D eigenvalue weighted by Gasteiger charge is 2.15. The highest BCUT2D eigenvalue weighted by atomic mass is 16.5. The van der Waals surface area contributed by atoms with E-state index in [9.17, 15) is 0 Å². The number of aryl methyl sites for hydroxylation is 2. The van der Waals surface area contributed by atoms with Crippen molar-refractivity contribution < 1.29 is 4.74 Å². The average Bonchev–Trinajstić information content (AvgIpc) is 2.94. The summed E-state index contributed by atoms with van der Waals surface area (Å²) < 4.78 is 5.67. The Labute approximate surface area is 126 Å². The van der Waals surface area contributed by atoms with Crippen LogP contribution in [-0.4, -0.2) is 6.10 Å². The second kappa shape index (κ2) is 5.90. The van der Waals surface area contributed by atoms with Crippen LogP contribution in [0.5, 0.6) is 5.75 Å². The first-order valence-electron chi connectivity index (χ1n) is 7.77. The molecule has 3 rings (SSSR count). The molecule has 2 aromatic carbocycles. The minimum absolute atomic E-state index is 0.0657. The van der Waals surface area contributed by atoms with Gasteiger partial charge in [0.25, 0.3) is 0 Å². The Morgan fingerprint density at radius 1 is 0.905 bits per heavy atom. The van der Waals surface area contributed by atoms with Crippen molar-refractivity contribution in [3.05, 3.63) is 64.7 Å². The average molecular weight is 281 g/mol. The van der Waals surface area contributed by atoms with Crippen molar-refractivity contribution in [2.24, 2.45) is 5.73 Å². The molecule has 0 fully saturated rings. The molecule has 110 valence electrons. The first-order chi connectivity index (χ1) is 10.1. The summed E-state index contributed by atoms with van der Waals surface area (Å²) in [6, 6.07) is 14.8. The molecule has 1 unspecified atom stereocenters. The normalized spacial score (nSPS) is 15.0. The van der Waals surface area contributed by atoms with Crippen molar-refractivity contribution >= 4 is 0 Å². The number of hydrogen-bond donors (Lipinski definition) is 1. The van der Waals surface area contributed by atoms with Crippen LogP contribution in [0.15, 0.2) is 42.5 Å². The quantitative estimate of drug-likeness (QED) is 0.919. The first kappa shape index (κ1) is 14.2. The number of ether oxygens (including phenoxy) is 1. The standard InChI is InChI=1S/C19H23NO/c1-13(2)21-18-10-8-15(9-11-18)19(20)17-7-6-14-4-3-5-16(14)12-17/h6-13,19H,3-5,20H2,1-2H3. The second-order valence-electron chi connectivity index (χ2n) is 6.10. The minimum Gasteiger partial charge on any atom is -0.491 e. The van der Waals surface area contributed by atoms with E-state index in [1.54, 1.807) is 0 Å². The van der Waals surface area contributed by atoms with Gasteiger partial charge in [-0.1, -0.05) is 30.3 Å². The molecule has 1 aliphatic rings. The molecule has 0 amide bonds. The van der Waals surface area contributed by atoms with E-state index < -0.39 is 0 Å². The van der Waals surface area contributed by atoms with E-state index in [0.717, 1.165) is 11.3 Å². The molecule has 2 heteroatoms. The first-order valence-corrected chi connectivity index (χ1v) is 7.77. The summed E-state index contributed by atoms with van der Waals surface area (Å²) in [5.41, 5.74) is 11.7. The predicted molar refractivity (Wildman–Crippen MR) is 86.7 cm³/mol. The molecule has 0 aliphatic heterocycles. The van der Waals surface area contributed by atoms with Gasteiger partial charge in [-0.15, -0.1) is 0 Å². The molecule has 0 heterocycles. The zero-order chi connectivity index (χ0) is 14.8. The van der Waals surface area contributed by atoms with Gasteiger partial charge in [-0.25, -0.2) is 0 Å². The summed E-state index contributed by atoms with van der Waals surface area (Å²) in [5, 5.41) is 0. The predicted octanol–water partition coefficient (Wildman–Crippen LogP) is 4.01. The molecule has 0 aromatic heterocycles. The Hall–Kier alpha value is -1.80. The van der Waals surface area contributed by atoms with Crippen molar-refractivity contribution in [3.8, 4) is 5.75 Å². The molecule has 0 saturated carbocycles. The highest BCUT2D eigenvalue weighted by molar-refractivity contribution is 5.41. The molecule has 21 heavy (non-hydrogen) atoms. The Morgan fingerprint density at radius 2 is 1.57 bits per heavy atom. The van der Waals surface area contributed by atoms with E-state index in [4.69, 9.17) is 10.5 Å². The number of benzene rings is 2. The monoisotopic (exact) mass is 281 g/mol. The smallest absolute Gasteiger partial charge is 0.119 e. The second-order valence-corrected chi connectivity index (χ2v) is 6.10. The van der Waals surface area contributed by atoms with E-state index in [0.29, 0.717) is 0 Å². The lowest BCUT2D eigenvalue weighted by Crippen LogP contribution is -2.12. The zero-order valence-electron chi connectivity index (χ0n) is 12.8. The lowest BCUT2D eigenvalue weighted by atomic mass is 9.96. The number of fused-ring (bicyclic) bond motifs is 1. The molecule has 2 N–H and O–H groups in total. The maximum Gasteiger partial charge on any atom is 0.119 e. The topological polar surface area (TPSA) is 35.2 Å². The van der Waals surface area contributed by atoms with E-state index in [1.807, 2.05) is 26.0 Å². The summed E-state index contributed by atoms with van der Waals surface area (Å²) in [5.74, 6) is 0.898. The Bertz CT molecular complexity index is 616. The van der Waals surface area contributed by atoms with Gasteiger partial charge in [-0.2, -0.15) is 0 Å². The summed E-state index contributed by atoms with van der Waals surface area (Å²) in [7, 11) is 0. The summed E-state index contributed by atoms with van der Waals surface area (Å²) in [4.78, 5) is 0. The van der Waals surface area contributed by atoms with Crippen LogP contribution in [-0.2, 0) is 12.8 Å². The molecular formula is C19H23NO. The van der Waals surface area contributed by atoms with Gasteiger partial charge in [0.05, 0.1) is 12.1 Å². The number of hydrogen-bond acceptors (Lipinski definition) is 2. The van der Waals surface area contributed by atoms with Gasteiger partial charge in [0, 0.05) is 0 Å². The van der Waals surface area contributed by atoms with Gasteiger partial charge in [0.15, 0.2) is 0 Å². The molecule has 0 spiro atoms. The van der Waals surface area contributed by atoms with Gasteiger partial charge in [-0.3, -0.25) is 0 Å². The third kappa shape index (κ3) is 3.11. The Morgan fingerprint density at radius 3 is 2.29 bits per heavy atom. The molecule has 0 radical (unpaired) electrons. The van der Waals surface area contributed by atoms with Crippen LogP contribution in [0.4, 0.5) is 0 Å². The van der Waals surface area contributed by atoms with Crippen molar-refractivity contribution in [2.75, 3.05) is 0 Å². The molecule has 1 atom stereocenters. The maximum absolute atomic E-state index is 6.42. The van der Waals surface area contributed by atoms with Crippen molar-refractivity contribution in [3.63, 3.8) is 0 Å². The van der Waals surface area contributed by atoms with Crippen LogP contribution >= 0.6 is 0 Å². The maximum atomic E-state index is 6.42. The van der Waals surface area contributed by atoms with Gasteiger partial charge in [0.1, 0.15) is 5.75 Å². The van der Waals surface area contributed by atoms with Crippen LogP contribution in [0.2, 0.25) is 0 Å². The van der Waals surface area contributed by atoms with Crippen molar-refractivity contribution in [2.45, 2.75) is 45.3 Å². The van der Waals surface area contributed by atoms with E-state index in [-0.39, 0.29) is 12.1 Å². The molecule has 2 aromatic rings. The summed E-state index contributed by atoms with van der Waals surface area (Å²) in [6.07, 6.45) is 3.87. The fraction of sp³-hybridized carbons (Fsp3) is 0.368. The van der Waals surface area contributed by atoms with Gasteiger partial charge < -0.3 is 10.5 Å². The third-order valence-corrected chi connectivity index (χ3v) is 4.09. The van der Waals surface area contributed by atoms with Gasteiger partial charge in [0.2, 0.25) is 0 Å².